The molecule has 0 spiro atoms. The molecule has 0 aliphatic carbocycles. The van der Waals surface area contributed by atoms with Crippen molar-refractivity contribution in [3.63, 3.8) is 0 Å². The van der Waals surface area contributed by atoms with Gasteiger partial charge in [-0.15, -0.1) is 0 Å². The van der Waals surface area contributed by atoms with Crippen LogP contribution in [0.15, 0.2) is 64.1 Å². The average molecular weight is 358 g/mol. The number of benzene rings is 2. The largest absolute Gasteiger partial charge is 0.444 e. The van der Waals surface area contributed by atoms with Gasteiger partial charge in [-0.3, -0.25) is 4.79 Å². The van der Waals surface area contributed by atoms with E-state index in [0.29, 0.717) is 5.56 Å². The highest BCUT2D eigenvalue weighted by atomic mass is 32.2. The molecule has 0 saturated carbocycles. The Morgan fingerprint density at radius 2 is 1.92 bits per heavy atom. The number of nitrogens with zero attached hydrogens (tertiary/aromatic N) is 2. The number of carbonyl (C=O) groups is 1. The van der Waals surface area contributed by atoms with E-state index in [-0.39, 0.29) is 28.6 Å². The molecule has 0 unspecified atom stereocenters. The van der Waals surface area contributed by atoms with Crippen LogP contribution in [0.4, 0.5) is 4.39 Å². The van der Waals surface area contributed by atoms with Crippen molar-refractivity contribution >= 4 is 15.9 Å². The van der Waals surface area contributed by atoms with Crippen LogP contribution in [-0.4, -0.2) is 23.6 Å². The maximum Gasteiger partial charge on any atom is 0.269 e. The monoisotopic (exact) mass is 358 g/mol. The first kappa shape index (κ1) is 15.5. The van der Waals surface area contributed by atoms with Crippen molar-refractivity contribution in [2.24, 2.45) is 0 Å². The summed E-state index contributed by atoms with van der Waals surface area (Å²) >= 11 is 0. The predicted octanol–water partition coefficient (Wildman–Crippen LogP) is 2.83. The summed E-state index contributed by atoms with van der Waals surface area (Å²) in [6.07, 6.45) is 1.26. The zero-order valence-corrected chi connectivity index (χ0v) is 13.5. The first-order chi connectivity index (χ1) is 12.0. The van der Waals surface area contributed by atoms with E-state index in [0.717, 1.165) is 4.31 Å². The van der Waals surface area contributed by atoms with Gasteiger partial charge in [-0.1, -0.05) is 18.2 Å². The number of amides is 1. The number of rotatable bonds is 3. The van der Waals surface area contributed by atoms with Gasteiger partial charge in [0.05, 0.1) is 12.1 Å². The van der Waals surface area contributed by atoms with Crippen LogP contribution in [0.5, 0.6) is 0 Å². The Hall–Kier alpha value is -3.00. The van der Waals surface area contributed by atoms with E-state index in [1.54, 1.807) is 18.2 Å². The number of aromatic nitrogens is 1. The summed E-state index contributed by atoms with van der Waals surface area (Å²) < 4.78 is 44.4. The molecule has 8 heteroatoms. The second-order valence-corrected chi connectivity index (χ2v) is 7.30. The molecule has 0 N–H and O–H groups in total. The van der Waals surface area contributed by atoms with Crippen LogP contribution in [0.2, 0.25) is 0 Å². The number of halogens is 1. The molecule has 6 nitrogen and oxygen atoms in total. The summed E-state index contributed by atoms with van der Waals surface area (Å²) in [6.45, 7) is -0.255. The van der Waals surface area contributed by atoms with Crippen LogP contribution in [0, 0.1) is 5.82 Å². The molecule has 0 radical (unpaired) electrons. The van der Waals surface area contributed by atoms with Crippen molar-refractivity contribution in [1.29, 1.82) is 0 Å². The van der Waals surface area contributed by atoms with E-state index in [2.05, 4.69) is 4.98 Å². The number of fused-ring (bicyclic) bond motifs is 1. The van der Waals surface area contributed by atoms with Crippen LogP contribution >= 0.6 is 0 Å². The fourth-order valence-corrected chi connectivity index (χ4v) is 4.21. The second kappa shape index (κ2) is 5.52. The predicted molar refractivity (Wildman–Crippen MR) is 85.4 cm³/mol. The molecule has 1 aliphatic heterocycles. The van der Waals surface area contributed by atoms with Crippen LogP contribution < -0.4 is 0 Å². The van der Waals surface area contributed by atoms with Gasteiger partial charge in [0.15, 0.2) is 0 Å². The van der Waals surface area contributed by atoms with E-state index in [1.807, 2.05) is 0 Å². The number of carbonyl (C=O) groups excluding carboxylic acids is 1. The third-order valence-corrected chi connectivity index (χ3v) is 5.63. The topological polar surface area (TPSA) is 80.5 Å². The highest BCUT2D eigenvalue weighted by molar-refractivity contribution is 7.90. The molecule has 0 fully saturated rings. The lowest BCUT2D eigenvalue weighted by atomic mass is 10.2. The zero-order valence-electron chi connectivity index (χ0n) is 12.7. The van der Waals surface area contributed by atoms with Gasteiger partial charge >= 0.3 is 0 Å². The fraction of sp³-hybridized carbons (Fsp3) is 0.0588. The Morgan fingerprint density at radius 1 is 1.12 bits per heavy atom. The number of hydrogen-bond donors (Lipinski definition) is 0. The van der Waals surface area contributed by atoms with Crippen LogP contribution in [0.1, 0.15) is 16.1 Å². The third-order valence-electron chi connectivity index (χ3n) is 3.84. The Morgan fingerprint density at radius 3 is 2.68 bits per heavy atom. The molecule has 2 aromatic carbocycles. The van der Waals surface area contributed by atoms with Gasteiger partial charge < -0.3 is 4.42 Å². The summed E-state index contributed by atoms with van der Waals surface area (Å²) in [7, 11) is -3.91. The van der Waals surface area contributed by atoms with Gasteiger partial charge in [0.25, 0.3) is 15.9 Å². The van der Waals surface area contributed by atoms with Crippen molar-refractivity contribution in [2.75, 3.05) is 0 Å². The van der Waals surface area contributed by atoms with E-state index in [9.17, 15) is 17.6 Å². The summed E-state index contributed by atoms with van der Waals surface area (Å²) in [5.74, 6) is -0.896. The van der Waals surface area contributed by atoms with Gasteiger partial charge in [-0.05, 0) is 30.3 Å². The van der Waals surface area contributed by atoms with Gasteiger partial charge in [-0.2, -0.15) is 0 Å². The van der Waals surface area contributed by atoms with Crippen molar-refractivity contribution < 1.29 is 22.0 Å². The maximum absolute atomic E-state index is 13.3. The van der Waals surface area contributed by atoms with Gasteiger partial charge in [0.2, 0.25) is 5.89 Å². The van der Waals surface area contributed by atoms with E-state index in [4.69, 9.17) is 4.42 Å². The van der Waals surface area contributed by atoms with E-state index < -0.39 is 21.7 Å². The summed E-state index contributed by atoms with van der Waals surface area (Å²) in [5, 5.41) is 0. The molecule has 3 aromatic rings. The van der Waals surface area contributed by atoms with Gasteiger partial charge in [0, 0.05) is 5.56 Å². The maximum atomic E-state index is 13.3. The quantitative estimate of drug-likeness (QED) is 0.719. The fourth-order valence-electron chi connectivity index (χ4n) is 2.67. The Labute approximate surface area is 142 Å². The molecule has 25 heavy (non-hydrogen) atoms. The van der Waals surface area contributed by atoms with Gasteiger partial charge in [-0.25, -0.2) is 22.1 Å². The molecular weight excluding hydrogens is 347 g/mol. The van der Waals surface area contributed by atoms with Crippen molar-refractivity contribution in [3.8, 4) is 11.5 Å². The molecule has 0 atom stereocenters. The molecular formula is C17H11FN2O4S. The molecule has 4 rings (SSSR count). The lowest BCUT2D eigenvalue weighted by Gasteiger charge is -2.12. The smallest absolute Gasteiger partial charge is 0.269 e. The lowest BCUT2D eigenvalue weighted by Crippen LogP contribution is -2.29. The zero-order chi connectivity index (χ0) is 17.6. The van der Waals surface area contributed by atoms with Crippen molar-refractivity contribution in [3.05, 3.63) is 71.9 Å². The molecule has 1 aromatic heterocycles. The minimum absolute atomic E-state index is 0.0196. The molecule has 2 heterocycles. The van der Waals surface area contributed by atoms with Crippen LogP contribution in [0.3, 0.4) is 0 Å². The lowest BCUT2D eigenvalue weighted by molar-refractivity contribution is 0.0864. The Kier molecular flexibility index (Phi) is 3.43. The van der Waals surface area contributed by atoms with Crippen molar-refractivity contribution in [2.45, 2.75) is 11.4 Å². The summed E-state index contributed by atoms with van der Waals surface area (Å²) in [4.78, 5) is 16.5. The minimum Gasteiger partial charge on any atom is -0.444 e. The highest BCUT2D eigenvalue weighted by Gasteiger charge is 2.41. The average Bonchev–Trinajstić information content (AvgIpc) is 3.14. The number of hydrogen-bond acceptors (Lipinski definition) is 5. The molecule has 126 valence electrons. The van der Waals surface area contributed by atoms with Crippen LogP contribution in [-0.2, 0) is 16.6 Å². The Bertz CT molecular complexity index is 1090. The normalized spacial score (nSPS) is 15.4. The first-order valence-corrected chi connectivity index (χ1v) is 8.77. The molecule has 1 aliphatic rings. The highest BCUT2D eigenvalue weighted by Crippen LogP contribution is 2.31. The molecule has 0 saturated heterocycles. The SMILES string of the molecule is O=C1c2ccccc2S(=O)(=O)N1Cc1coc(-c2cccc(F)c2)n1. The van der Waals surface area contributed by atoms with E-state index in [1.165, 1.54) is 36.6 Å². The van der Waals surface area contributed by atoms with E-state index >= 15 is 0 Å². The number of oxazole rings is 1. The molecule has 0 bridgehead atoms. The molecule has 1 amide bonds. The minimum atomic E-state index is -3.91. The number of sulfonamides is 1. The standard InChI is InChI=1S/C17H11FN2O4S/c18-12-5-3-4-11(8-12)16-19-13(10-24-16)9-20-17(21)14-6-1-2-7-15(14)25(20,22)23/h1-8,10H,9H2. The Balaban J connectivity index is 1.65. The van der Waals surface area contributed by atoms with Crippen molar-refractivity contribution in [1.82, 2.24) is 9.29 Å². The summed E-state index contributed by atoms with van der Waals surface area (Å²) in [5.41, 5.74) is 0.811. The summed E-state index contributed by atoms with van der Waals surface area (Å²) in [6, 6.07) is 11.7. The van der Waals surface area contributed by atoms with Crippen LogP contribution in [0.25, 0.3) is 11.5 Å². The first-order valence-electron chi connectivity index (χ1n) is 7.33. The third kappa shape index (κ3) is 2.51. The van der Waals surface area contributed by atoms with Gasteiger partial charge in [0.1, 0.15) is 22.7 Å². The second-order valence-electron chi connectivity index (χ2n) is 5.47.